The van der Waals surface area contributed by atoms with Crippen LogP contribution in [-0.4, -0.2) is 64.7 Å². The van der Waals surface area contributed by atoms with Gasteiger partial charge in [0.15, 0.2) is 27.1 Å². The van der Waals surface area contributed by atoms with Gasteiger partial charge in [0.25, 0.3) is 0 Å². The number of fused-ring (bicyclic) bond motifs is 3. The summed E-state index contributed by atoms with van der Waals surface area (Å²) in [4.78, 5) is 15.4. The van der Waals surface area contributed by atoms with Crippen molar-refractivity contribution in [2.45, 2.75) is 25.9 Å². The molecule has 2 aromatic rings. The Balaban J connectivity index is 1.51. The first-order valence-corrected chi connectivity index (χ1v) is 13.1. The van der Waals surface area contributed by atoms with Crippen LogP contribution in [0.25, 0.3) is 6.08 Å². The molecule has 1 unspecified atom stereocenters. The van der Waals surface area contributed by atoms with Gasteiger partial charge in [-0.05, 0) is 43.2 Å². The number of hydrogen-bond donors (Lipinski definition) is 0. The normalized spacial score (nSPS) is 21.8. The van der Waals surface area contributed by atoms with E-state index in [1.165, 1.54) is 21.3 Å². The topological polar surface area (TPSA) is 101 Å². The van der Waals surface area contributed by atoms with Crippen molar-refractivity contribution < 1.29 is 36.9 Å². The molecule has 9 nitrogen and oxygen atoms in total. The average molecular weight is 502 g/mol. The highest BCUT2D eigenvalue weighted by molar-refractivity contribution is 7.91. The molecule has 35 heavy (non-hydrogen) atoms. The van der Waals surface area contributed by atoms with Crippen LogP contribution in [0.1, 0.15) is 33.5 Å². The minimum Gasteiger partial charge on any atom is -0.493 e. The van der Waals surface area contributed by atoms with Crippen LogP contribution in [0.5, 0.6) is 28.7 Å². The van der Waals surface area contributed by atoms with E-state index in [4.69, 9.17) is 23.7 Å². The number of rotatable bonds is 5. The number of Topliss-reactive ketones (excluding diaryl/α,β-unsaturated/α-hetero) is 1. The molecule has 3 aliphatic rings. The van der Waals surface area contributed by atoms with Crippen molar-refractivity contribution in [2.24, 2.45) is 0 Å². The summed E-state index contributed by atoms with van der Waals surface area (Å²) in [5, 5.41) is 0. The van der Waals surface area contributed by atoms with Gasteiger partial charge in [0.05, 0.1) is 44.0 Å². The fourth-order valence-corrected chi connectivity index (χ4v) is 6.69. The fraction of sp³-hybridized carbons (Fsp3) is 0.400. The van der Waals surface area contributed by atoms with Crippen LogP contribution in [0.2, 0.25) is 0 Å². The number of ether oxygens (including phenoxy) is 5. The number of carbonyl (C=O) groups excluding carboxylic acids is 1. The second kappa shape index (κ2) is 8.76. The van der Waals surface area contributed by atoms with E-state index in [2.05, 4.69) is 0 Å². The molecule has 2 aromatic carbocycles. The van der Waals surface area contributed by atoms with E-state index in [9.17, 15) is 13.2 Å². The lowest BCUT2D eigenvalue weighted by molar-refractivity contribution is 0.0633. The quantitative estimate of drug-likeness (QED) is 0.573. The van der Waals surface area contributed by atoms with E-state index in [1.807, 2.05) is 17.9 Å². The van der Waals surface area contributed by atoms with Crippen LogP contribution in [0.4, 0.5) is 0 Å². The number of nitrogens with zero attached hydrogens (tertiary/aromatic N) is 1. The highest BCUT2D eigenvalue weighted by Gasteiger charge is 2.39. The monoisotopic (exact) mass is 501 g/mol. The molecule has 0 bridgehead atoms. The lowest BCUT2D eigenvalue weighted by atomic mass is 9.98. The molecule has 0 aromatic heterocycles. The fourth-order valence-electron chi connectivity index (χ4n) is 4.92. The SMILES string of the molecule is COc1ccc(/C=C2\Oc3c4c(cc(C)c3C2=O)OCN(C2CCS(=O)(=O)C2)C4)c(OC)c1OC. The number of methoxy groups -OCH3 is 3. The smallest absolute Gasteiger partial charge is 0.232 e. The summed E-state index contributed by atoms with van der Waals surface area (Å²) in [5.74, 6) is 2.66. The molecule has 0 aliphatic carbocycles. The van der Waals surface area contributed by atoms with Crippen LogP contribution in [0.3, 0.4) is 0 Å². The number of aryl methyl sites for hydroxylation is 1. The zero-order valence-corrected chi connectivity index (χ0v) is 20.9. The molecule has 1 fully saturated rings. The lowest BCUT2D eigenvalue weighted by Crippen LogP contribution is -2.41. The Morgan fingerprint density at radius 2 is 1.89 bits per heavy atom. The number of allylic oxidation sites excluding steroid dienone is 1. The molecule has 0 radical (unpaired) electrons. The van der Waals surface area contributed by atoms with E-state index in [0.717, 1.165) is 11.1 Å². The molecule has 0 N–H and O–H groups in total. The van der Waals surface area contributed by atoms with Gasteiger partial charge in [0, 0.05) is 18.2 Å². The Morgan fingerprint density at radius 3 is 2.54 bits per heavy atom. The first-order valence-electron chi connectivity index (χ1n) is 11.2. The number of ketones is 1. The number of hydrogen-bond acceptors (Lipinski definition) is 9. The zero-order valence-electron chi connectivity index (χ0n) is 20.0. The standard InChI is InChI=1S/C25H27NO8S/c1-14-9-19-17(11-26(13-33-19)16-7-8-35(28,29)12-16)24-21(14)22(27)20(34-24)10-15-5-6-18(30-2)25(32-4)23(15)31-3/h5-6,9-10,16H,7-8,11-13H2,1-4H3/b20-10-. The molecule has 0 saturated carbocycles. The Labute approximate surface area is 204 Å². The van der Waals surface area contributed by atoms with Crippen LogP contribution in [-0.2, 0) is 16.4 Å². The third-order valence-electron chi connectivity index (χ3n) is 6.70. The molecule has 3 aliphatic heterocycles. The number of benzene rings is 2. The van der Waals surface area contributed by atoms with Crippen molar-refractivity contribution in [3.8, 4) is 28.7 Å². The average Bonchev–Trinajstić information content (AvgIpc) is 3.37. The second-order valence-corrected chi connectivity index (χ2v) is 11.0. The summed E-state index contributed by atoms with van der Waals surface area (Å²) in [7, 11) is 1.53. The highest BCUT2D eigenvalue weighted by Crippen LogP contribution is 2.46. The van der Waals surface area contributed by atoms with Gasteiger partial charge in [-0.15, -0.1) is 0 Å². The van der Waals surface area contributed by atoms with Gasteiger partial charge < -0.3 is 23.7 Å². The summed E-state index contributed by atoms with van der Waals surface area (Å²) >= 11 is 0. The van der Waals surface area contributed by atoms with E-state index < -0.39 is 9.84 Å². The Kier molecular flexibility index (Phi) is 5.88. The first-order chi connectivity index (χ1) is 16.8. The molecular weight excluding hydrogens is 474 g/mol. The molecule has 1 atom stereocenters. The largest absolute Gasteiger partial charge is 0.493 e. The van der Waals surface area contributed by atoms with Gasteiger partial charge in [0.2, 0.25) is 11.5 Å². The second-order valence-electron chi connectivity index (χ2n) is 8.81. The van der Waals surface area contributed by atoms with Crippen molar-refractivity contribution in [1.82, 2.24) is 4.90 Å². The highest BCUT2D eigenvalue weighted by atomic mass is 32.2. The van der Waals surface area contributed by atoms with Gasteiger partial charge in [-0.1, -0.05) is 0 Å². The maximum atomic E-state index is 13.4. The van der Waals surface area contributed by atoms with Gasteiger partial charge in [-0.2, -0.15) is 0 Å². The zero-order chi connectivity index (χ0) is 24.9. The van der Waals surface area contributed by atoms with Gasteiger partial charge in [-0.3, -0.25) is 9.69 Å². The van der Waals surface area contributed by atoms with Gasteiger partial charge in [0.1, 0.15) is 18.2 Å². The summed E-state index contributed by atoms with van der Waals surface area (Å²) in [5.41, 5.74) is 2.58. The number of carbonyl (C=O) groups is 1. The van der Waals surface area contributed by atoms with Gasteiger partial charge in [-0.25, -0.2) is 8.42 Å². The molecule has 1 saturated heterocycles. The molecule has 5 rings (SSSR count). The molecule has 0 spiro atoms. The minimum atomic E-state index is -3.03. The van der Waals surface area contributed by atoms with Crippen molar-refractivity contribution in [1.29, 1.82) is 0 Å². The predicted octanol–water partition coefficient (Wildman–Crippen LogP) is 2.98. The molecule has 3 heterocycles. The van der Waals surface area contributed by atoms with E-state index in [0.29, 0.717) is 59.6 Å². The molecule has 10 heteroatoms. The summed E-state index contributed by atoms with van der Waals surface area (Å²) in [6, 6.07) is 5.22. The summed E-state index contributed by atoms with van der Waals surface area (Å²) in [6.45, 7) is 2.59. The van der Waals surface area contributed by atoms with E-state index >= 15 is 0 Å². The first kappa shape index (κ1) is 23.5. The van der Waals surface area contributed by atoms with Crippen molar-refractivity contribution in [3.63, 3.8) is 0 Å². The van der Waals surface area contributed by atoms with Crippen LogP contribution in [0, 0.1) is 6.92 Å². The maximum absolute atomic E-state index is 13.4. The van der Waals surface area contributed by atoms with E-state index in [1.54, 1.807) is 18.2 Å². The third kappa shape index (κ3) is 4.00. The van der Waals surface area contributed by atoms with Crippen LogP contribution >= 0.6 is 0 Å². The maximum Gasteiger partial charge on any atom is 0.232 e. The predicted molar refractivity (Wildman–Crippen MR) is 128 cm³/mol. The van der Waals surface area contributed by atoms with Gasteiger partial charge >= 0.3 is 0 Å². The van der Waals surface area contributed by atoms with Crippen LogP contribution in [0.15, 0.2) is 24.0 Å². The molecule has 0 amide bonds. The third-order valence-corrected chi connectivity index (χ3v) is 8.45. The summed E-state index contributed by atoms with van der Waals surface area (Å²) in [6.07, 6.45) is 2.19. The van der Waals surface area contributed by atoms with Crippen molar-refractivity contribution in [3.05, 3.63) is 46.2 Å². The van der Waals surface area contributed by atoms with Crippen molar-refractivity contribution >= 4 is 21.7 Å². The Morgan fingerprint density at radius 1 is 1.11 bits per heavy atom. The minimum absolute atomic E-state index is 0.115. The van der Waals surface area contributed by atoms with E-state index in [-0.39, 0.29) is 29.1 Å². The Bertz CT molecular complexity index is 1350. The molecule has 186 valence electrons. The van der Waals surface area contributed by atoms with Crippen molar-refractivity contribution in [2.75, 3.05) is 39.6 Å². The lowest BCUT2D eigenvalue weighted by Gasteiger charge is -2.33. The molecular formula is C25H27NO8S. The number of sulfone groups is 1. The Hall–Kier alpha value is -3.24. The van der Waals surface area contributed by atoms with Crippen LogP contribution < -0.4 is 23.7 Å². The summed E-state index contributed by atoms with van der Waals surface area (Å²) < 4.78 is 52.4.